The zero-order valence-electron chi connectivity index (χ0n) is 11.5. The van der Waals surface area contributed by atoms with Crippen LogP contribution in [0.4, 0.5) is 0 Å². The summed E-state index contributed by atoms with van der Waals surface area (Å²) in [6, 6.07) is 6.81. The first-order valence-electron chi connectivity index (χ1n) is 7.20. The number of aryl methyl sites for hydroxylation is 1. The number of hydrogen-bond acceptors (Lipinski definition) is 1. The smallest absolute Gasteiger partial charge is 0.0482 e. The molecule has 0 saturated heterocycles. The predicted octanol–water partition coefficient (Wildman–Crippen LogP) is 4.88. The van der Waals surface area contributed by atoms with Gasteiger partial charge in [0.25, 0.3) is 0 Å². The first-order chi connectivity index (χ1) is 8.72. The van der Waals surface area contributed by atoms with Crippen molar-refractivity contribution in [2.75, 3.05) is 6.54 Å². The Morgan fingerprint density at radius 2 is 2.17 bits per heavy atom. The fourth-order valence-corrected chi connectivity index (χ4v) is 2.69. The molecule has 1 nitrogen and oxygen atoms in total. The van der Waals surface area contributed by atoms with Crippen LogP contribution in [-0.2, 0) is 0 Å². The van der Waals surface area contributed by atoms with Crippen LogP contribution in [0.15, 0.2) is 18.2 Å². The zero-order valence-corrected chi connectivity index (χ0v) is 12.3. The minimum atomic E-state index is 0.429. The fourth-order valence-electron chi connectivity index (χ4n) is 2.43. The van der Waals surface area contributed by atoms with Crippen molar-refractivity contribution in [2.45, 2.75) is 52.0 Å². The van der Waals surface area contributed by atoms with Gasteiger partial charge in [-0.3, -0.25) is 0 Å². The van der Waals surface area contributed by atoms with Crippen molar-refractivity contribution in [3.63, 3.8) is 0 Å². The van der Waals surface area contributed by atoms with Gasteiger partial charge in [0.15, 0.2) is 0 Å². The molecule has 0 amide bonds. The SMILES string of the molecule is CCCNC(CCC1CC1)c1cccc(C)c1Cl. The summed E-state index contributed by atoms with van der Waals surface area (Å²) in [6.07, 6.45) is 6.59. The summed E-state index contributed by atoms with van der Waals surface area (Å²) < 4.78 is 0. The summed E-state index contributed by atoms with van der Waals surface area (Å²) in [5.74, 6) is 0.986. The Kier molecular flexibility index (Phi) is 5.08. The van der Waals surface area contributed by atoms with Crippen molar-refractivity contribution in [3.8, 4) is 0 Å². The van der Waals surface area contributed by atoms with Crippen LogP contribution in [-0.4, -0.2) is 6.54 Å². The summed E-state index contributed by atoms with van der Waals surface area (Å²) in [5, 5.41) is 4.60. The molecule has 0 heterocycles. The lowest BCUT2D eigenvalue weighted by molar-refractivity contribution is 0.470. The first kappa shape index (κ1) is 13.9. The molecule has 0 aliphatic heterocycles. The highest BCUT2D eigenvalue weighted by molar-refractivity contribution is 6.32. The van der Waals surface area contributed by atoms with E-state index in [1.165, 1.54) is 43.2 Å². The molecule has 1 atom stereocenters. The predicted molar refractivity (Wildman–Crippen MR) is 79.2 cm³/mol. The van der Waals surface area contributed by atoms with Gasteiger partial charge in [-0.15, -0.1) is 0 Å². The van der Waals surface area contributed by atoms with E-state index in [1.807, 2.05) is 0 Å². The van der Waals surface area contributed by atoms with Gasteiger partial charge in [0.05, 0.1) is 0 Å². The lowest BCUT2D eigenvalue weighted by Crippen LogP contribution is -2.22. The van der Waals surface area contributed by atoms with Crippen LogP contribution in [0.3, 0.4) is 0 Å². The van der Waals surface area contributed by atoms with Crippen molar-refractivity contribution in [2.24, 2.45) is 5.92 Å². The van der Waals surface area contributed by atoms with E-state index in [0.717, 1.165) is 17.5 Å². The quantitative estimate of drug-likeness (QED) is 0.741. The highest BCUT2D eigenvalue weighted by atomic mass is 35.5. The van der Waals surface area contributed by atoms with Crippen LogP contribution >= 0.6 is 11.6 Å². The van der Waals surface area contributed by atoms with Gasteiger partial charge in [0, 0.05) is 11.1 Å². The molecule has 0 aromatic heterocycles. The van der Waals surface area contributed by atoms with Crippen molar-refractivity contribution in [3.05, 3.63) is 34.3 Å². The van der Waals surface area contributed by atoms with E-state index in [2.05, 4.69) is 37.4 Å². The summed E-state index contributed by atoms with van der Waals surface area (Å²) >= 11 is 6.46. The van der Waals surface area contributed by atoms with Gasteiger partial charge in [-0.1, -0.05) is 49.6 Å². The second-order valence-electron chi connectivity index (χ2n) is 5.51. The molecule has 2 rings (SSSR count). The Labute approximate surface area is 116 Å². The number of halogens is 1. The molecule has 0 spiro atoms. The third-order valence-corrected chi connectivity index (χ3v) is 4.31. The third kappa shape index (κ3) is 3.73. The zero-order chi connectivity index (χ0) is 13.0. The highest BCUT2D eigenvalue weighted by Gasteiger charge is 2.23. The van der Waals surface area contributed by atoms with Crippen LogP contribution < -0.4 is 5.32 Å². The monoisotopic (exact) mass is 265 g/mol. The van der Waals surface area contributed by atoms with Gasteiger partial charge in [-0.05, 0) is 49.8 Å². The first-order valence-corrected chi connectivity index (χ1v) is 7.58. The van der Waals surface area contributed by atoms with E-state index in [1.54, 1.807) is 0 Å². The Bertz CT molecular complexity index is 385. The number of rotatable bonds is 7. The molecular formula is C16H24ClN. The van der Waals surface area contributed by atoms with Crippen LogP contribution in [0.5, 0.6) is 0 Å². The van der Waals surface area contributed by atoms with Gasteiger partial charge in [-0.25, -0.2) is 0 Å². The minimum absolute atomic E-state index is 0.429. The standard InChI is InChI=1S/C16H24ClN/c1-3-11-18-15(10-9-13-7-8-13)14-6-4-5-12(2)16(14)17/h4-6,13,15,18H,3,7-11H2,1-2H3. The molecule has 1 saturated carbocycles. The number of hydrogen-bond donors (Lipinski definition) is 1. The fraction of sp³-hybridized carbons (Fsp3) is 0.625. The molecule has 1 aliphatic rings. The maximum atomic E-state index is 6.46. The van der Waals surface area contributed by atoms with E-state index in [4.69, 9.17) is 11.6 Å². The Hall–Kier alpha value is -0.530. The van der Waals surface area contributed by atoms with Crippen molar-refractivity contribution >= 4 is 11.6 Å². The largest absolute Gasteiger partial charge is 0.310 e. The van der Waals surface area contributed by atoms with Crippen LogP contribution in [0.1, 0.15) is 56.2 Å². The Morgan fingerprint density at radius 3 is 2.83 bits per heavy atom. The van der Waals surface area contributed by atoms with Gasteiger partial charge in [0.2, 0.25) is 0 Å². The average Bonchev–Trinajstić information content (AvgIpc) is 3.18. The second-order valence-corrected chi connectivity index (χ2v) is 5.88. The lowest BCUT2D eigenvalue weighted by atomic mass is 9.98. The van der Waals surface area contributed by atoms with Gasteiger partial charge in [-0.2, -0.15) is 0 Å². The van der Waals surface area contributed by atoms with E-state index < -0.39 is 0 Å². The van der Waals surface area contributed by atoms with Crippen LogP contribution in [0, 0.1) is 12.8 Å². The van der Waals surface area contributed by atoms with Crippen molar-refractivity contribution < 1.29 is 0 Å². The summed E-state index contributed by atoms with van der Waals surface area (Å²) in [5.41, 5.74) is 2.47. The van der Waals surface area contributed by atoms with Gasteiger partial charge >= 0.3 is 0 Å². The molecule has 1 unspecified atom stereocenters. The average molecular weight is 266 g/mol. The summed E-state index contributed by atoms with van der Waals surface area (Å²) in [6.45, 7) is 5.37. The molecule has 1 aromatic carbocycles. The minimum Gasteiger partial charge on any atom is -0.310 e. The maximum Gasteiger partial charge on any atom is 0.0482 e. The topological polar surface area (TPSA) is 12.0 Å². The van der Waals surface area contributed by atoms with E-state index in [-0.39, 0.29) is 0 Å². The maximum absolute atomic E-state index is 6.46. The highest BCUT2D eigenvalue weighted by Crippen LogP contribution is 2.37. The molecule has 1 aromatic rings. The molecule has 0 radical (unpaired) electrons. The second kappa shape index (κ2) is 6.58. The van der Waals surface area contributed by atoms with E-state index >= 15 is 0 Å². The number of benzene rings is 1. The summed E-state index contributed by atoms with van der Waals surface area (Å²) in [7, 11) is 0. The molecule has 18 heavy (non-hydrogen) atoms. The molecule has 2 heteroatoms. The van der Waals surface area contributed by atoms with E-state index in [9.17, 15) is 0 Å². The van der Waals surface area contributed by atoms with Crippen LogP contribution in [0.25, 0.3) is 0 Å². The summed E-state index contributed by atoms with van der Waals surface area (Å²) in [4.78, 5) is 0. The normalized spacial score (nSPS) is 16.8. The van der Waals surface area contributed by atoms with Crippen molar-refractivity contribution in [1.82, 2.24) is 5.32 Å². The molecular weight excluding hydrogens is 242 g/mol. The van der Waals surface area contributed by atoms with Crippen LogP contribution in [0.2, 0.25) is 5.02 Å². The third-order valence-electron chi connectivity index (χ3n) is 3.80. The molecule has 100 valence electrons. The van der Waals surface area contributed by atoms with E-state index in [0.29, 0.717) is 6.04 Å². The lowest BCUT2D eigenvalue weighted by Gasteiger charge is -2.21. The Balaban J connectivity index is 2.06. The molecule has 0 bridgehead atoms. The van der Waals surface area contributed by atoms with Crippen molar-refractivity contribution in [1.29, 1.82) is 0 Å². The Morgan fingerprint density at radius 1 is 1.39 bits per heavy atom. The molecule has 1 aliphatic carbocycles. The van der Waals surface area contributed by atoms with Gasteiger partial charge < -0.3 is 5.32 Å². The molecule has 1 N–H and O–H groups in total. The number of nitrogens with one attached hydrogen (secondary N) is 1. The molecule has 1 fully saturated rings. The van der Waals surface area contributed by atoms with Gasteiger partial charge in [0.1, 0.15) is 0 Å².